The summed E-state index contributed by atoms with van der Waals surface area (Å²) in [6.07, 6.45) is 3.96. The topological polar surface area (TPSA) is 159 Å². The fraction of sp³-hybridized carbons (Fsp3) is 0.214. The number of nitrogens with zero attached hydrogens (tertiary/aromatic N) is 1. The fourth-order valence-electron chi connectivity index (χ4n) is 7.72. The number of phenols is 4. The second kappa shape index (κ2) is 13.0. The molecule has 9 nitrogen and oxygen atoms in total. The van der Waals surface area contributed by atoms with Crippen LogP contribution in [0, 0.1) is 0 Å². The van der Waals surface area contributed by atoms with E-state index >= 15 is 0 Å². The van der Waals surface area contributed by atoms with E-state index in [4.69, 9.17) is 0 Å². The molecule has 7 rings (SSSR count). The third kappa shape index (κ3) is 6.23. The molecule has 0 radical (unpaired) electrons. The summed E-state index contributed by atoms with van der Waals surface area (Å²) in [4.78, 5) is -0.451. The molecule has 0 atom stereocenters. The Hall–Kier alpha value is -5.42. The quantitative estimate of drug-likeness (QED) is 0.0875. The van der Waals surface area contributed by atoms with Crippen LogP contribution in [0.1, 0.15) is 75.0 Å². The van der Waals surface area contributed by atoms with E-state index in [9.17, 15) is 38.5 Å². The highest BCUT2D eigenvalue weighted by molar-refractivity contribution is 7.85. The van der Waals surface area contributed by atoms with Gasteiger partial charge in [-0.05, 0) is 101 Å². The highest BCUT2D eigenvalue weighted by Gasteiger charge is 2.42. The van der Waals surface area contributed by atoms with Crippen LogP contribution >= 0.6 is 0 Å². The number of allylic oxidation sites excluding steroid dienone is 1. The molecule has 0 amide bonds. The number of aliphatic hydroxyl groups excluding tert-OH is 1. The molecule has 0 fully saturated rings. The average molecular weight is 719 g/mol. The molecule has 6 N–H and O–H groups in total. The van der Waals surface area contributed by atoms with E-state index in [2.05, 4.69) is 30.6 Å². The van der Waals surface area contributed by atoms with Crippen molar-refractivity contribution in [3.63, 3.8) is 0 Å². The maximum absolute atomic E-state index is 12.5. The lowest BCUT2D eigenvalue weighted by Gasteiger charge is -2.19. The molecule has 0 aromatic heterocycles. The summed E-state index contributed by atoms with van der Waals surface area (Å²) in [5.41, 5.74) is 7.14. The van der Waals surface area contributed by atoms with Crippen molar-refractivity contribution < 1.29 is 43.1 Å². The Morgan fingerprint density at radius 2 is 1.12 bits per heavy atom. The van der Waals surface area contributed by atoms with Gasteiger partial charge in [-0.2, -0.15) is 13.0 Å². The van der Waals surface area contributed by atoms with Gasteiger partial charge in [0.15, 0.2) is 5.71 Å². The minimum atomic E-state index is -4.73. The maximum atomic E-state index is 12.5. The zero-order valence-electron chi connectivity index (χ0n) is 29.1. The van der Waals surface area contributed by atoms with Crippen molar-refractivity contribution in [3.8, 4) is 23.0 Å². The third-order valence-electron chi connectivity index (χ3n) is 10.4. The third-order valence-corrected chi connectivity index (χ3v) is 11.3. The Kier molecular flexibility index (Phi) is 8.73. The molecule has 1 aliphatic heterocycles. The minimum absolute atomic E-state index is 0.00940. The van der Waals surface area contributed by atoms with Crippen LogP contribution in [0.3, 0.4) is 0 Å². The van der Waals surface area contributed by atoms with Crippen LogP contribution in [0.15, 0.2) is 89.8 Å². The van der Waals surface area contributed by atoms with E-state index in [1.165, 1.54) is 11.6 Å². The van der Waals surface area contributed by atoms with Gasteiger partial charge in [-0.3, -0.25) is 4.55 Å². The number of hydrogen-bond acceptors (Lipinski definition) is 7. The Balaban J connectivity index is 1.43. The van der Waals surface area contributed by atoms with Crippen molar-refractivity contribution in [3.05, 3.63) is 146 Å². The van der Waals surface area contributed by atoms with E-state index in [1.807, 2.05) is 37.4 Å². The predicted molar refractivity (Wildman–Crippen MR) is 199 cm³/mol. The normalized spacial score (nSPS) is 15.2. The summed E-state index contributed by atoms with van der Waals surface area (Å²) >= 11 is 0. The fourth-order valence-corrected chi connectivity index (χ4v) is 8.30. The first-order valence-corrected chi connectivity index (χ1v) is 18.4. The molecular weight excluding hydrogens is 679 g/mol. The van der Waals surface area contributed by atoms with Crippen LogP contribution in [0.5, 0.6) is 23.0 Å². The second-order valence-electron chi connectivity index (χ2n) is 14.2. The van der Waals surface area contributed by atoms with Crippen LogP contribution in [0.2, 0.25) is 0 Å². The lowest BCUT2D eigenvalue weighted by Crippen LogP contribution is -2.26. The van der Waals surface area contributed by atoms with Crippen molar-refractivity contribution in [1.82, 2.24) is 0 Å². The molecule has 5 aromatic carbocycles. The molecule has 52 heavy (non-hydrogen) atoms. The molecule has 2 aliphatic rings. The molecular formula is C42H40NO8S+. The lowest BCUT2D eigenvalue weighted by atomic mass is 9.81. The van der Waals surface area contributed by atoms with Gasteiger partial charge in [-0.25, -0.2) is 0 Å². The standard InChI is InChI=1S/C42H39NO8S/c1-42(2)35-9-4-5-10-36(35)43(3)37(42)12-11-24-13-28-17-26-7-6-8-27(38(26)45)18-30-15-25(23-44)16-31(40(30)47)20-33-22-34(52(49,50)51)21-32(41(33)48)19-29(14-24)39(28)46/h4-16,21-22,44H,17-20,23H2,1-3H3,(H4,45,47,48,49,50,51)/p+1. The smallest absolute Gasteiger partial charge is 0.294 e. The molecule has 0 unspecified atom stereocenters. The van der Waals surface area contributed by atoms with Gasteiger partial charge >= 0.3 is 0 Å². The Labute approximate surface area is 302 Å². The number of hydrogen-bond donors (Lipinski definition) is 6. The van der Waals surface area contributed by atoms with Gasteiger partial charge in [-0.1, -0.05) is 36.4 Å². The van der Waals surface area contributed by atoms with Gasteiger partial charge in [0.05, 0.1) is 16.9 Å². The Morgan fingerprint density at radius 3 is 1.62 bits per heavy atom. The number of para-hydroxylation sites is 2. The van der Waals surface area contributed by atoms with Crippen molar-refractivity contribution >= 4 is 27.6 Å². The van der Waals surface area contributed by atoms with E-state index in [0.29, 0.717) is 38.9 Å². The van der Waals surface area contributed by atoms with E-state index in [1.54, 1.807) is 36.4 Å². The molecule has 8 bridgehead atoms. The molecule has 5 aromatic rings. The van der Waals surface area contributed by atoms with Crippen LogP contribution in [0.4, 0.5) is 5.69 Å². The van der Waals surface area contributed by atoms with Gasteiger partial charge in [-0.15, -0.1) is 0 Å². The van der Waals surface area contributed by atoms with Crippen molar-refractivity contribution in [2.75, 3.05) is 7.05 Å². The van der Waals surface area contributed by atoms with Gasteiger partial charge in [0.25, 0.3) is 10.1 Å². The number of fused-ring (bicyclic) bond motifs is 9. The van der Waals surface area contributed by atoms with Gasteiger partial charge in [0, 0.05) is 54.5 Å². The van der Waals surface area contributed by atoms with Crippen LogP contribution in [-0.4, -0.2) is 55.8 Å². The molecule has 0 saturated carbocycles. The predicted octanol–water partition coefficient (Wildman–Crippen LogP) is 6.64. The average Bonchev–Trinajstić information content (AvgIpc) is 3.29. The van der Waals surface area contributed by atoms with Crippen molar-refractivity contribution in [1.29, 1.82) is 0 Å². The van der Waals surface area contributed by atoms with E-state index in [0.717, 1.165) is 23.0 Å². The monoisotopic (exact) mass is 718 g/mol. The molecule has 10 heteroatoms. The number of aliphatic hydroxyl groups is 1. The summed E-state index contributed by atoms with van der Waals surface area (Å²) in [5, 5.41) is 56.3. The summed E-state index contributed by atoms with van der Waals surface area (Å²) in [7, 11) is -2.71. The molecule has 266 valence electrons. The minimum Gasteiger partial charge on any atom is -0.507 e. The van der Waals surface area contributed by atoms with Crippen LogP contribution in [-0.2, 0) is 47.8 Å². The highest BCUT2D eigenvalue weighted by Crippen LogP contribution is 2.41. The Bertz CT molecular complexity index is 2460. The van der Waals surface area contributed by atoms with Gasteiger partial charge in [0.2, 0.25) is 5.69 Å². The van der Waals surface area contributed by atoms with Gasteiger partial charge < -0.3 is 25.5 Å². The molecule has 1 aliphatic carbocycles. The SMILES string of the molecule is C[N+]1=C(/C=C/c2cc3c(O)c(c2)Cc2cc(S(=O)(=O)O)cc(c2O)Cc2cc(CO)cc(c2O)Cc2cccc(c2O)C3)C(C)(C)c2ccccc21. The number of benzene rings is 5. The molecule has 1 heterocycles. The first-order valence-electron chi connectivity index (χ1n) is 17.0. The summed E-state index contributed by atoms with van der Waals surface area (Å²) in [5.74, 6) is -0.470. The summed E-state index contributed by atoms with van der Waals surface area (Å²) in [6, 6.07) is 22.6. The highest BCUT2D eigenvalue weighted by atomic mass is 32.2. The number of rotatable bonds is 4. The summed E-state index contributed by atoms with van der Waals surface area (Å²) < 4.78 is 37.3. The van der Waals surface area contributed by atoms with Crippen LogP contribution < -0.4 is 0 Å². The van der Waals surface area contributed by atoms with Crippen molar-refractivity contribution in [2.24, 2.45) is 0 Å². The number of aromatic hydroxyl groups is 4. The number of phenolic OH excluding ortho intramolecular Hbond substituents is 4. The Morgan fingerprint density at radius 1 is 0.654 bits per heavy atom. The molecule has 0 spiro atoms. The van der Waals surface area contributed by atoms with Crippen LogP contribution in [0.25, 0.3) is 6.08 Å². The van der Waals surface area contributed by atoms with Crippen molar-refractivity contribution in [2.45, 2.75) is 56.4 Å². The maximum Gasteiger partial charge on any atom is 0.294 e. The molecule has 0 saturated heterocycles. The largest absolute Gasteiger partial charge is 0.507 e. The second-order valence-corrected chi connectivity index (χ2v) is 15.6. The first kappa shape index (κ1) is 35.0. The lowest BCUT2D eigenvalue weighted by molar-refractivity contribution is -0.401. The van der Waals surface area contributed by atoms with E-state index in [-0.39, 0.29) is 71.8 Å². The van der Waals surface area contributed by atoms with E-state index < -0.39 is 15.0 Å². The first-order chi connectivity index (χ1) is 24.6. The summed E-state index contributed by atoms with van der Waals surface area (Å²) in [6.45, 7) is 3.98. The van der Waals surface area contributed by atoms with Gasteiger partial charge in [0.1, 0.15) is 30.0 Å². The zero-order chi connectivity index (χ0) is 37.1. The zero-order valence-corrected chi connectivity index (χ0v) is 29.9.